The van der Waals surface area contributed by atoms with Crippen LogP contribution in [-0.4, -0.2) is 41.8 Å². The minimum Gasteiger partial charge on any atom is -0.493 e. The van der Waals surface area contributed by atoms with E-state index in [1.807, 2.05) is 13.0 Å². The van der Waals surface area contributed by atoms with E-state index in [0.29, 0.717) is 11.4 Å². The number of rotatable bonds is 8. The van der Waals surface area contributed by atoms with Crippen molar-refractivity contribution in [3.05, 3.63) is 47.5 Å². The maximum atomic E-state index is 13.4. The van der Waals surface area contributed by atoms with E-state index in [0.717, 1.165) is 15.4 Å². The van der Waals surface area contributed by atoms with Gasteiger partial charge in [-0.05, 0) is 44.5 Å². The van der Waals surface area contributed by atoms with E-state index in [1.165, 1.54) is 32.4 Å². The molecule has 0 saturated carbocycles. The molecule has 2 rings (SSSR count). The van der Waals surface area contributed by atoms with Gasteiger partial charge in [0.15, 0.2) is 11.5 Å². The van der Waals surface area contributed by atoms with Gasteiger partial charge in [0.1, 0.15) is 6.54 Å². The lowest BCUT2D eigenvalue weighted by atomic mass is 10.1. The van der Waals surface area contributed by atoms with Gasteiger partial charge in [-0.1, -0.05) is 17.7 Å². The number of hydrogen-bond donors (Lipinski definition) is 0. The average molecular weight is 407 g/mol. The van der Waals surface area contributed by atoms with Crippen LogP contribution in [0.25, 0.3) is 0 Å². The Morgan fingerprint density at radius 1 is 1.00 bits per heavy atom. The molecule has 8 heteroatoms. The zero-order chi connectivity index (χ0) is 20.9. The predicted molar refractivity (Wildman–Crippen MR) is 107 cm³/mol. The summed E-state index contributed by atoms with van der Waals surface area (Å²) in [6.07, 6.45) is 0. The number of benzene rings is 2. The topological polar surface area (TPSA) is 82.1 Å². The van der Waals surface area contributed by atoms with E-state index in [1.54, 1.807) is 26.0 Å². The fraction of sp³-hybridized carbons (Fsp3) is 0.350. The molecule has 0 aliphatic carbocycles. The summed E-state index contributed by atoms with van der Waals surface area (Å²) in [4.78, 5) is 12.1. The largest absolute Gasteiger partial charge is 0.493 e. The zero-order valence-corrected chi connectivity index (χ0v) is 17.5. The van der Waals surface area contributed by atoms with Crippen LogP contribution < -0.4 is 13.8 Å². The van der Waals surface area contributed by atoms with Gasteiger partial charge in [0, 0.05) is 6.07 Å². The maximum absolute atomic E-state index is 13.4. The molecule has 0 aliphatic heterocycles. The number of esters is 1. The van der Waals surface area contributed by atoms with Gasteiger partial charge >= 0.3 is 5.97 Å². The van der Waals surface area contributed by atoms with Gasteiger partial charge in [-0.15, -0.1) is 0 Å². The summed E-state index contributed by atoms with van der Waals surface area (Å²) in [5.41, 5.74) is 2.13. The fourth-order valence-corrected chi connectivity index (χ4v) is 4.30. The Morgan fingerprint density at radius 3 is 2.25 bits per heavy atom. The molecular weight excluding hydrogens is 382 g/mol. The summed E-state index contributed by atoms with van der Waals surface area (Å²) < 4.78 is 43.2. The van der Waals surface area contributed by atoms with Crippen molar-refractivity contribution < 1.29 is 27.4 Å². The highest BCUT2D eigenvalue weighted by atomic mass is 32.2. The van der Waals surface area contributed by atoms with Gasteiger partial charge in [0.2, 0.25) is 0 Å². The van der Waals surface area contributed by atoms with E-state index in [2.05, 4.69) is 0 Å². The first kappa shape index (κ1) is 21.6. The second kappa shape index (κ2) is 8.97. The molecule has 0 aliphatic rings. The number of hydrogen-bond acceptors (Lipinski definition) is 6. The summed E-state index contributed by atoms with van der Waals surface area (Å²) in [6, 6.07) is 9.63. The van der Waals surface area contributed by atoms with E-state index >= 15 is 0 Å². The first-order chi connectivity index (χ1) is 13.2. The Morgan fingerprint density at radius 2 is 1.68 bits per heavy atom. The SMILES string of the molecule is CCOC(=O)CN(c1ccc(C)cc1C)S(=O)(=O)c1ccc(OC)c(OC)c1. The van der Waals surface area contributed by atoms with Crippen LogP contribution in [-0.2, 0) is 19.6 Å². The van der Waals surface area contributed by atoms with Crippen molar-refractivity contribution in [2.45, 2.75) is 25.7 Å². The average Bonchev–Trinajstić information content (AvgIpc) is 2.66. The summed E-state index contributed by atoms with van der Waals surface area (Å²) in [6.45, 7) is 5.10. The van der Waals surface area contributed by atoms with Crippen molar-refractivity contribution >= 4 is 21.7 Å². The number of aryl methyl sites for hydroxylation is 2. The molecule has 0 saturated heterocycles. The monoisotopic (exact) mass is 407 g/mol. The van der Waals surface area contributed by atoms with E-state index in [4.69, 9.17) is 14.2 Å². The van der Waals surface area contributed by atoms with Crippen LogP contribution in [0.3, 0.4) is 0 Å². The van der Waals surface area contributed by atoms with Gasteiger partial charge in [0.05, 0.1) is 31.4 Å². The Labute approximate surface area is 165 Å². The van der Waals surface area contributed by atoms with Crippen LogP contribution >= 0.6 is 0 Å². The van der Waals surface area contributed by atoms with Crippen molar-refractivity contribution in [2.75, 3.05) is 31.7 Å². The third kappa shape index (κ3) is 4.56. The van der Waals surface area contributed by atoms with Gasteiger partial charge in [0.25, 0.3) is 10.0 Å². The highest BCUT2D eigenvalue weighted by Gasteiger charge is 2.29. The second-order valence-electron chi connectivity index (χ2n) is 6.12. The third-order valence-electron chi connectivity index (χ3n) is 4.14. The lowest BCUT2D eigenvalue weighted by molar-refractivity contribution is -0.141. The van der Waals surface area contributed by atoms with Crippen molar-refractivity contribution in [3.8, 4) is 11.5 Å². The molecule has 7 nitrogen and oxygen atoms in total. The normalized spacial score (nSPS) is 11.0. The van der Waals surface area contributed by atoms with Crippen molar-refractivity contribution in [2.24, 2.45) is 0 Å². The van der Waals surface area contributed by atoms with Crippen molar-refractivity contribution in [1.29, 1.82) is 0 Å². The first-order valence-corrected chi connectivity index (χ1v) is 10.2. The van der Waals surface area contributed by atoms with Crippen LogP contribution in [0.2, 0.25) is 0 Å². The standard InChI is InChI=1S/C20H25NO6S/c1-6-27-20(22)13-21(17-9-7-14(2)11-15(17)3)28(23,24)16-8-10-18(25-4)19(12-16)26-5/h7-12H,6,13H2,1-5H3. The number of anilines is 1. The molecule has 0 bridgehead atoms. The first-order valence-electron chi connectivity index (χ1n) is 8.72. The summed E-state index contributed by atoms with van der Waals surface area (Å²) in [5.74, 6) is 0.0525. The molecule has 2 aromatic rings. The molecule has 0 N–H and O–H groups in total. The molecule has 0 aromatic heterocycles. The Kier molecular flexibility index (Phi) is 6.90. The molecule has 0 unspecified atom stereocenters. The van der Waals surface area contributed by atoms with Crippen LogP contribution in [0, 0.1) is 13.8 Å². The number of carbonyl (C=O) groups excluding carboxylic acids is 1. The minimum atomic E-state index is -4.06. The molecule has 0 fully saturated rings. The molecule has 0 heterocycles. The van der Waals surface area contributed by atoms with Crippen molar-refractivity contribution in [1.82, 2.24) is 0 Å². The van der Waals surface area contributed by atoms with Crippen LogP contribution in [0.1, 0.15) is 18.1 Å². The number of sulfonamides is 1. The van der Waals surface area contributed by atoms with Gasteiger partial charge in [-0.25, -0.2) is 8.42 Å². The Balaban J connectivity index is 2.59. The lowest BCUT2D eigenvalue weighted by Gasteiger charge is -2.25. The number of methoxy groups -OCH3 is 2. The zero-order valence-electron chi connectivity index (χ0n) is 16.7. The number of ether oxygens (including phenoxy) is 3. The van der Waals surface area contributed by atoms with E-state index < -0.39 is 22.5 Å². The summed E-state index contributed by atoms with van der Waals surface area (Å²) >= 11 is 0. The number of nitrogens with zero attached hydrogens (tertiary/aromatic N) is 1. The molecule has 152 valence electrons. The molecule has 0 amide bonds. The van der Waals surface area contributed by atoms with Crippen LogP contribution in [0.15, 0.2) is 41.3 Å². The third-order valence-corrected chi connectivity index (χ3v) is 5.90. The maximum Gasteiger partial charge on any atom is 0.326 e. The molecular formula is C20H25NO6S. The predicted octanol–water partition coefficient (Wildman–Crippen LogP) is 3.08. The second-order valence-corrected chi connectivity index (χ2v) is 7.99. The van der Waals surface area contributed by atoms with E-state index in [-0.39, 0.29) is 17.3 Å². The smallest absolute Gasteiger partial charge is 0.326 e. The lowest BCUT2D eigenvalue weighted by Crippen LogP contribution is -2.37. The summed E-state index contributed by atoms with van der Waals surface area (Å²) in [5, 5.41) is 0. The quantitative estimate of drug-likeness (QED) is 0.626. The molecule has 2 aromatic carbocycles. The highest BCUT2D eigenvalue weighted by Crippen LogP contribution is 2.33. The summed E-state index contributed by atoms with van der Waals surface area (Å²) in [7, 11) is -1.17. The minimum absolute atomic E-state index is 0.0191. The number of carbonyl (C=O) groups is 1. The van der Waals surface area contributed by atoms with E-state index in [9.17, 15) is 13.2 Å². The molecule has 0 radical (unpaired) electrons. The fourth-order valence-electron chi connectivity index (χ4n) is 2.81. The van der Waals surface area contributed by atoms with Crippen LogP contribution in [0.4, 0.5) is 5.69 Å². The highest BCUT2D eigenvalue weighted by molar-refractivity contribution is 7.92. The van der Waals surface area contributed by atoms with Crippen LogP contribution in [0.5, 0.6) is 11.5 Å². The molecule has 0 atom stereocenters. The molecule has 0 spiro atoms. The van der Waals surface area contributed by atoms with Gasteiger partial charge < -0.3 is 14.2 Å². The van der Waals surface area contributed by atoms with Gasteiger partial charge in [-0.3, -0.25) is 9.10 Å². The van der Waals surface area contributed by atoms with Gasteiger partial charge in [-0.2, -0.15) is 0 Å². The Bertz CT molecular complexity index is 955. The molecule has 28 heavy (non-hydrogen) atoms. The van der Waals surface area contributed by atoms with Crippen molar-refractivity contribution in [3.63, 3.8) is 0 Å². The Hall–Kier alpha value is -2.74.